The Morgan fingerprint density at radius 2 is 2.03 bits per heavy atom. The van der Waals surface area contributed by atoms with Gasteiger partial charge in [-0.05, 0) is 30.2 Å². The average Bonchev–Trinajstić information content (AvgIpc) is 3.36. The maximum absolute atomic E-state index is 13.5. The van der Waals surface area contributed by atoms with Gasteiger partial charge in [0.2, 0.25) is 5.91 Å². The Bertz CT molecular complexity index is 1250. The lowest BCUT2D eigenvalue weighted by Crippen LogP contribution is -2.47. The number of amides is 2. The van der Waals surface area contributed by atoms with E-state index in [2.05, 4.69) is 15.0 Å². The van der Waals surface area contributed by atoms with E-state index >= 15 is 0 Å². The Labute approximate surface area is 187 Å². The normalized spacial score (nSPS) is 17.4. The third-order valence-electron chi connectivity index (χ3n) is 6.13. The number of nitrogens with one attached hydrogen (secondary N) is 1. The summed E-state index contributed by atoms with van der Waals surface area (Å²) in [6.45, 7) is -0.0603. The fourth-order valence-corrected chi connectivity index (χ4v) is 4.57. The van der Waals surface area contributed by atoms with Crippen molar-refractivity contribution in [3.8, 4) is 0 Å². The van der Waals surface area contributed by atoms with Crippen molar-refractivity contribution >= 4 is 34.2 Å². The highest BCUT2D eigenvalue weighted by Gasteiger charge is 2.40. The summed E-state index contributed by atoms with van der Waals surface area (Å²) in [6.07, 6.45) is -1.94. The number of pyridine rings is 1. The quantitative estimate of drug-likeness (QED) is 0.650. The molecule has 0 radical (unpaired) electrons. The number of alkyl halides is 3. The van der Waals surface area contributed by atoms with Crippen LogP contribution in [0.1, 0.15) is 22.5 Å². The second-order valence-corrected chi connectivity index (χ2v) is 8.28. The van der Waals surface area contributed by atoms with Crippen LogP contribution in [0.4, 0.5) is 24.7 Å². The molecule has 11 heteroatoms. The third kappa shape index (κ3) is 3.87. The summed E-state index contributed by atoms with van der Waals surface area (Å²) in [7, 11) is 1.83. The summed E-state index contributed by atoms with van der Waals surface area (Å²) in [5.74, 6) is -0.804. The average molecular weight is 458 g/mol. The number of rotatable bonds is 4. The molecule has 1 atom stereocenters. The molecular weight excluding hydrogens is 437 g/mol. The predicted molar refractivity (Wildman–Crippen MR) is 115 cm³/mol. The highest BCUT2D eigenvalue weighted by molar-refractivity contribution is 6.02. The summed E-state index contributed by atoms with van der Waals surface area (Å²) >= 11 is 0. The molecule has 2 aliphatic rings. The SMILES string of the molecule is Cn1ncc2c(CC(=O)N3c4nc(C(=O)NCC(F)(F)F)ccc4N4CC[C@H]3C4)cccc21. The van der Waals surface area contributed by atoms with E-state index in [0.29, 0.717) is 18.1 Å². The van der Waals surface area contributed by atoms with Gasteiger partial charge >= 0.3 is 6.18 Å². The molecule has 0 aliphatic carbocycles. The molecule has 2 amide bonds. The number of hydrogen-bond acceptors (Lipinski definition) is 5. The first-order valence-electron chi connectivity index (χ1n) is 10.5. The number of aryl methyl sites for hydroxylation is 1. The van der Waals surface area contributed by atoms with Crippen molar-refractivity contribution in [3.63, 3.8) is 0 Å². The molecule has 2 aliphatic heterocycles. The van der Waals surface area contributed by atoms with Crippen LogP contribution in [0.3, 0.4) is 0 Å². The van der Waals surface area contributed by atoms with Gasteiger partial charge in [0.25, 0.3) is 5.91 Å². The van der Waals surface area contributed by atoms with E-state index in [0.717, 1.165) is 29.4 Å². The van der Waals surface area contributed by atoms with E-state index in [4.69, 9.17) is 0 Å². The van der Waals surface area contributed by atoms with Crippen LogP contribution in [-0.4, -0.2) is 58.4 Å². The zero-order chi connectivity index (χ0) is 23.3. The van der Waals surface area contributed by atoms with Crippen molar-refractivity contribution in [2.24, 2.45) is 7.05 Å². The summed E-state index contributed by atoms with van der Waals surface area (Å²) in [5, 5.41) is 6.98. The molecule has 33 heavy (non-hydrogen) atoms. The van der Waals surface area contributed by atoms with Crippen LogP contribution >= 0.6 is 0 Å². The fourth-order valence-electron chi connectivity index (χ4n) is 4.57. The van der Waals surface area contributed by atoms with E-state index in [1.165, 1.54) is 6.07 Å². The zero-order valence-electron chi connectivity index (χ0n) is 17.8. The lowest BCUT2D eigenvalue weighted by atomic mass is 10.0. The van der Waals surface area contributed by atoms with Crippen molar-refractivity contribution in [1.29, 1.82) is 0 Å². The lowest BCUT2D eigenvalue weighted by Gasteiger charge is -2.36. The molecule has 0 saturated carbocycles. The number of anilines is 2. The predicted octanol–water partition coefficient (Wildman–Crippen LogP) is 2.43. The molecule has 3 aromatic rings. The largest absolute Gasteiger partial charge is 0.405 e. The number of halogens is 3. The Balaban J connectivity index is 1.46. The van der Waals surface area contributed by atoms with Gasteiger partial charge in [-0.1, -0.05) is 12.1 Å². The summed E-state index contributed by atoms with van der Waals surface area (Å²) < 4.78 is 39.2. The maximum Gasteiger partial charge on any atom is 0.405 e. The van der Waals surface area contributed by atoms with Gasteiger partial charge in [0, 0.05) is 25.5 Å². The second-order valence-electron chi connectivity index (χ2n) is 8.28. The second kappa shape index (κ2) is 7.75. The van der Waals surface area contributed by atoms with E-state index in [9.17, 15) is 22.8 Å². The molecule has 8 nitrogen and oxygen atoms in total. The smallest absolute Gasteiger partial charge is 0.366 e. The minimum Gasteiger partial charge on any atom is -0.366 e. The number of aromatic nitrogens is 3. The van der Waals surface area contributed by atoms with Crippen LogP contribution in [-0.2, 0) is 18.3 Å². The van der Waals surface area contributed by atoms with E-state index in [1.54, 1.807) is 21.8 Å². The molecule has 1 aromatic carbocycles. The van der Waals surface area contributed by atoms with Crippen LogP contribution in [0, 0.1) is 0 Å². The number of fused-ring (bicyclic) bond motifs is 5. The van der Waals surface area contributed by atoms with Gasteiger partial charge < -0.3 is 10.2 Å². The molecule has 5 rings (SSSR count). The third-order valence-corrected chi connectivity index (χ3v) is 6.13. The van der Waals surface area contributed by atoms with Gasteiger partial charge in [-0.15, -0.1) is 0 Å². The zero-order valence-corrected chi connectivity index (χ0v) is 17.8. The van der Waals surface area contributed by atoms with Crippen LogP contribution in [0.25, 0.3) is 10.9 Å². The topological polar surface area (TPSA) is 83.4 Å². The van der Waals surface area contributed by atoms with Crippen LogP contribution in [0.15, 0.2) is 36.5 Å². The standard InChI is InChI=1S/C22H21F3N6O2/c1-29-17-4-2-3-13(15(17)10-27-29)9-19(32)31-14-7-8-30(11-14)18-6-5-16(28-20(18)31)21(33)26-12-22(23,24)25/h2-6,10,14H,7-9,11-12H2,1H3,(H,26,33)/t14-/m0/s1. The summed E-state index contributed by atoms with van der Waals surface area (Å²) in [4.78, 5) is 33.8. The van der Waals surface area contributed by atoms with Crippen molar-refractivity contribution in [1.82, 2.24) is 20.1 Å². The molecule has 1 saturated heterocycles. The molecule has 1 fully saturated rings. The van der Waals surface area contributed by atoms with E-state index in [-0.39, 0.29) is 24.1 Å². The minimum atomic E-state index is -4.52. The fraction of sp³-hybridized carbons (Fsp3) is 0.364. The number of carbonyl (C=O) groups is 2. The van der Waals surface area contributed by atoms with E-state index in [1.807, 2.05) is 30.6 Å². The monoisotopic (exact) mass is 458 g/mol. The van der Waals surface area contributed by atoms with E-state index < -0.39 is 18.6 Å². The Morgan fingerprint density at radius 1 is 1.21 bits per heavy atom. The Morgan fingerprint density at radius 3 is 2.82 bits per heavy atom. The molecule has 2 bridgehead atoms. The molecule has 172 valence electrons. The Kier molecular flexibility index (Phi) is 4.98. The molecule has 0 unspecified atom stereocenters. The first-order chi connectivity index (χ1) is 15.7. The first-order valence-corrected chi connectivity index (χ1v) is 10.5. The van der Waals surface area contributed by atoms with Gasteiger partial charge in [0.1, 0.15) is 12.2 Å². The lowest BCUT2D eigenvalue weighted by molar-refractivity contribution is -0.123. The van der Waals surface area contributed by atoms with Gasteiger partial charge in [-0.25, -0.2) is 4.98 Å². The number of hydrogen-bond donors (Lipinski definition) is 1. The maximum atomic E-state index is 13.5. The van der Waals surface area contributed by atoms with Crippen LogP contribution in [0.5, 0.6) is 0 Å². The van der Waals surface area contributed by atoms with Crippen molar-refractivity contribution < 1.29 is 22.8 Å². The van der Waals surface area contributed by atoms with Gasteiger partial charge in [-0.3, -0.25) is 19.2 Å². The molecule has 1 N–H and O–H groups in total. The number of benzene rings is 1. The highest BCUT2D eigenvalue weighted by Crippen LogP contribution is 2.39. The van der Waals surface area contributed by atoms with Crippen molar-refractivity contribution in [3.05, 3.63) is 47.8 Å². The molecular formula is C22H21F3N6O2. The molecule has 4 heterocycles. The van der Waals surface area contributed by atoms with Crippen LogP contribution < -0.4 is 15.1 Å². The van der Waals surface area contributed by atoms with Crippen molar-refractivity contribution in [2.45, 2.75) is 25.1 Å². The minimum absolute atomic E-state index is 0.112. The summed E-state index contributed by atoms with van der Waals surface area (Å²) in [6, 6.07) is 8.60. The highest BCUT2D eigenvalue weighted by atomic mass is 19.4. The molecule has 0 spiro atoms. The van der Waals surface area contributed by atoms with Gasteiger partial charge in [-0.2, -0.15) is 18.3 Å². The van der Waals surface area contributed by atoms with Crippen molar-refractivity contribution in [2.75, 3.05) is 29.4 Å². The first kappa shape index (κ1) is 21.2. The van der Waals surface area contributed by atoms with Gasteiger partial charge in [0.05, 0.1) is 29.9 Å². The summed E-state index contributed by atoms with van der Waals surface area (Å²) in [5.41, 5.74) is 2.27. The molecule has 2 aromatic heterocycles. The Hall–Kier alpha value is -3.63. The number of carbonyl (C=O) groups excluding carboxylic acids is 2. The van der Waals surface area contributed by atoms with Gasteiger partial charge in [0.15, 0.2) is 5.82 Å². The van der Waals surface area contributed by atoms with Crippen LogP contribution in [0.2, 0.25) is 0 Å². The number of nitrogens with zero attached hydrogens (tertiary/aromatic N) is 5.